The van der Waals surface area contributed by atoms with E-state index in [-0.39, 0.29) is 4.90 Å². The van der Waals surface area contributed by atoms with Crippen molar-refractivity contribution < 1.29 is 22.7 Å². The predicted octanol–water partition coefficient (Wildman–Crippen LogP) is 3.42. The number of nitrogens with zero attached hydrogens (tertiary/aromatic N) is 3. The average Bonchev–Trinajstić information content (AvgIpc) is 3.12. The van der Waals surface area contributed by atoms with Crippen LogP contribution < -0.4 is 14.3 Å². The summed E-state index contributed by atoms with van der Waals surface area (Å²) >= 11 is 1.36. The Morgan fingerprint density at radius 3 is 2.27 bits per heavy atom. The van der Waals surface area contributed by atoms with Gasteiger partial charge in [0.2, 0.25) is 10.0 Å². The van der Waals surface area contributed by atoms with Crippen LogP contribution in [0.4, 0.5) is 0 Å². The van der Waals surface area contributed by atoms with Gasteiger partial charge in [0.15, 0.2) is 16.3 Å². The first kappa shape index (κ1) is 23.5. The molecular formula is C23H27N3O5S2. The van der Waals surface area contributed by atoms with Gasteiger partial charge in [-0.1, -0.05) is 18.3 Å². The van der Waals surface area contributed by atoms with Crippen molar-refractivity contribution in [1.29, 1.82) is 0 Å². The van der Waals surface area contributed by atoms with E-state index >= 15 is 0 Å². The van der Waals surface area contributed by atoms with Crippen molar-refractivity contribution in [1.82, 2.24) is 8.87 Å². The second-order valence-electron chi connectivity index (χ2n) is 8.15. The van der Waals surface area contributed by atoms with E-state index in [4.69, 9.17) is 9.47 Å². The Hall–Kier alpha value is -2.69. The van der Waals surface area contributed by atoms with E-state index in [9.17, 15) is 13.2 Å². The number of amides is 1. The first-order valence-corrected chi connectivity index (χ1v) is 12.9. The normalized spacial score (nSPS) is 16.3. The van der Waals surface area contributed by atoms with E-state index in [1.165, 1.54) is 39.9 Å². The number of aryl methyl sites for hydroxylation is 1. The molecule has 8 nitrogen and oxygen atoms in total. The summed E-state index contributed by atoms with van der Waals surface area (Å²) in [5, 5.41) is 0. The van der Waals surface area contributed by atoms with Gasteiger partial charge in [0, 0.05) is 37.8 Å². The highest BCUT2D eigenvalue weighted by Crippen LogP contribution is 2.33. The molecule has 10 heteroatoms. The molecule has 2 aromatic carbocycles. The van der Waals surface area contributed by atoms with Crippen molar-refractivity contribution in [2.24, 2.45) is 18.0 Å². The zero-order chi connectivity index (χ0) is 23.8. The van der Waals surface area contributed by atoms with Crippen molar-refractivity contribution in [2.75, 3.05) is 27.3 Å². The van der Waals surface area contributed by atoms with Gasteiger partial charge in [0.25, 0.3) is 5.91 Å². The summed E-state index contributed by atoms with van der Waals surface area (Å²) in [6, 6.07) is 9.70. The van der Waals surface area contributed by atoms with Crippen LogP contribution in [-0.2, 0) is 17.1 Å². The molecule has 1 saturated heterocycles. The van der Waals surface area contributed by atoms with Crippen molar-refractivity contribution in [3.8, 4) is 11.5 Å². The van der Waals surface area contributed by atoms with E-state index in [0.29, 0.717) is 40.9 Å². The van der Waals surface area contributed by atoms with Crippen LogP contribution in [0.2, 0.25) is 0 Å². The van der Waals surface area contributed by atoms with Gasteiger partial charge in [-0.3, -0.25) is 4.79 Å². The van der Waals surface area contributed by atoms with Gasteiger partial charge < -0.3 is 14.0 Å². The lowest BCUT2D eigenvalue weighted by molar-refractivity contribution is 0.0998. The Kier molecular flexibility index (Phi) is 6.60. The number of hydrogen-bond donors (Lipinski definition) is 0. The monoisotopic (exact) mass is 489 g/mol. The molecule has 4 rings (SSSR count). The Morgan fingerprint density at radius 2 is 1.67 bits per heavy atom. The van der Waals surface area contributed by atoms with Crippen LogP contribution in [-0.4, -0.2) is 50.5 Å². The largest absolute Gasteiger partial charge is 0.493 e. The van der Waals surface area contributed by atoms with E-state index < -0.39 is 15.9 Å². The average molecular weight is 490 g/mol. The third kappa shape index (κ3) is 4.55. The van der Waals surface area contributed by atoms with E-state index in [0.717, 1.165) is 23.1 Å². The minimum atomic E-state index is -3.56. The van der Waals surface area contributed by atoms with Gasteiger partial charge >= 0.3 is 0 Å². The number of sulfonamides is 1. The lowest BCUT2D eigenvalue weighted by atomic mass is 10.0. The minimum absolute atomic E-state index is 0.195. The molecule has 0 unspecified atom stereocenters. The molecule has 1 fully saturated rings. The minimum Gasteiger partial charge on any atom is -0.493 e. The summed E-state index contributed by atoms with van der Waals surface area (Å²) in [5.74, 6) is 1.29. The van der Waals surface area contributed by atoms with Crippen molar-refractivity contribution in [2.45, 2.75) is 24.7 Å². The fourth-order valence-electron chi connectivity index (χ4n) is 3.86. The van der Waals surface area contributed by atoms with Crippen LogP contribution in [0.25, 0.3) is 10.2 Å². The fourth-order valence-corrected chi connectivity index (χ4v) is 6.35. The molecule has 1 amide bonds. The number of piperidine rings is 1. The lowest BCUT2D eigenvalue weighted by Gasteiger charge is -2.29. The Balaban J connectivity index is 1.61. The number of ether oxygens (including phenoxy) is 2. The van der Waals surface area contributed by atoms with E-state index in [1.807, 2.05) is 23.7 Å². The Morgan fingerprint density at radius 1 is 1.06 bits per heavy atom. The molecule has 0 aliphatic carbocycles. The van der Waals surface area contributed by atoms with E-state index in [2.05, 4.69) is 11.9 Å². The number of carbonyl (C=O) groups is 1. The molecule has 1 aromatic heterocycles. The number of carbonyl (C=O) groups excluding carboxylic acids is 1. The molecule has 0 bridgehead atoms. The zero-order valence-corrected chi connectivity index (χ0v) is 20.7. The molecule has 0 spiro atoms. The summed E-state index contributed by atoms with van der Waals surface area (Å²) in [5.41, 5.74) is 1.19. The highest BCUT2D eigenvalue weighted by molar-refractivity contribution is 7.89. The van der Waals surface area contributed by atoms with Crippen molar-refractivity contribution >= 4 is 37.5 Å². The number of rotatable bonds is 5. The molecule has 176 valence electrons. The smallest absolute Gasteiger partial charge is 0.279 e. The van der Waals surface area contributed by atoms with Gasteiger partial charge in [-0.25, -0.2) is 8.42 Å². The van der Waals surface area contributed by atoms with E-state index in [1.54, 1.807) is 14.2 Å². The fraction of sp³-hybridized carbons (Fsp3) is 0.391. The number of fused-ring (bicyclic) bond motifs is 1. The van der Waals surface area contributed by atoms with Crippen LogP contribution >= 0.6 is 11.3 Å². The Bertz CT molecular complexity index is 1350. The summed E-state index contributed by atoms with van der Waals surface area (Å²) < 4.78 is 40.8. The SMILES string of the molecule is COc1cc2sc(=NC(=O)c3ccc(S(=O)(=O)N4CCC(C)CC4)cc3)n(C)c2cc1OC. The number of methoxy groups -OCH3 is 2. The van der Waals surface area contributed by atoms with Crippen molar-refractivity contribution in [3.63, 3.8) is 0 Å². The quantitative estimate of drug-likeness (QED) is 0.548. The van der Waals surface area contributed by atoms with Gasteiger partial charge in [-0.2, -0.15) is 9.30 Å². The molecule has 1 aliphatic heterocycles. The maximum absolute atomic E-state index is 12.9. The first-order valence-electron chi connectivity index (χ1n) is 10.7. The second-order valence-corrected chi connectivity index (χ2v) is 11.1. The molecule has 3 aromatic rings. The highest BCUT2D eigenvalue weighted by Gasteiger charge is 2.28. The van der Waals surface area contributed by atoms with Gasteiger partial charge in [0.1, 0.15) is 0 Å². The van der Waals surface area contributed by atoms with Crippen LogP contribution in [0.1, 0.15) is 30.1 Å². The van der Waals surface area contributed by atoms with Crippen LogP contribution in [0.3, 0.4) is 0 Å². The summed E-state index contributed by atoms with van der Waals surface area (Å²) in [7, 11) is 1.41. The summed E-state index contributed by atoms with van der Waals surface area (Å²) in [6.45, 7) is 3.19. The number of thiazole rings is 1. The van der Waals surface area contributed by atoms with Gasteiger partial charge in [-0.05, 0) is 43.0 Å². The summed E-state index contributed by atoms with van der Waals surface area (Å²) in [4.78, 5) is 17.8. The van der Waals surface area contributed by atoms with Crippen molar-refractivity contribution in [3.05, 3.63) is 46.8 Å². The summed E-state index contributed by atoms with van der Waals surface area (Å²) in [6.07, 6.45) is 1.72. The number of hydrogen-bond acceptors (Lipinski definition) is 6. The zero-order valence-electron chi connectivity index (χ0n) is 19.1. The molecule has 0 saturated carbocycles. The molecule has 0 radical (unpaired) electrons. The third-order valence-electron chi connectivity index (χ3n) is 5.99. The molecular weight excluding hydrogens is 462 g/mol. The van der Waals surface area contributed by atoms with Crippen LogP contribution in [0.5, 0.6) is 11.5 Å². The molecule has 0 atom stereocenters. The standard InChI is InChI=1S/C23H27N3O5S2/c1-15-9-11-26(12-10-15)33(28,29)17-7-5-16(6-8-17)22(27)24-23-25(2)18-13-19(30-3)20(31-4)14-21(18)32-23/h5-8,13-15H,9-12H2,1-4H3. The maximum Gasteiger partial charge on any atom is 0.279 e. The first-order chi connectivity index (χ1) is 15.7. The van der Waals surface area contributed by atoms with Crippen LogP contribution in [0.15, 0.2) is 46.3 Å². The van der Waals surface area contributed by atoms with Crippen LogP contribution in [0, 0.1) is 5.92 Å². The topological polar surface area (TPSA) is 90.2 Å². The van der Waals surface area contributed by atoms with Gasteiger partial charge in [-0.15, -0.1) is 0 Å². The highest BCUT2D eigenvalue weighted by atomic mass is 32.2. The number of benzene rings is 2. The second kappa shape index (κ2) is 9.28. The Labute approximate surface area is 197 Å². The lowest BCUT2D eigenvalue weighted by Crippen LogP contribution is -2.37. The van der Waals surface area contributed by atoms with Gasteiger partial charge in [0.05, 0.1) is 29.3 Å². The molecule has 0 N–H and O–H groups in total. The molecule has 1 aliphatic rings. The molecule has 33 heavy (non-hydrogen) atoms. The third-order valence-corrected chi connectivity index (χ3v) is 9.00. The number of aromatic nitrogens is 1. The molecule has 2 heterocycles. The maximum atomic E-state index is 12.9. The predicted molar refractivity (Wildman–Crippen MR) is 127 cm³/mol.